The van der Waals surface area contributed by atoms with Gasteiger partial charge in [0.05, 0.1) is 0 Å². The molecule has 38 heavy (non-hydrogen) atoms. The number of unbranched alkanes of at least 4 members (excludes halogenated alkanes) is 1. The van der Waals surface area contributed by atoms with Crippen molar-refractivity contribution in [2.75, 3.05) is 6.54 Å². The first-order valence-electron chi connectivity index (χ1n) is 13.0. The summed E-state index contributed by atoms with van der Waals surface area (Å²) in [5, 5.41) is 9.27. The molecule has 7 heteroatoms. The van der Waals surface area contributed by atoms with E-state index in [4.69, 9.17) is 0 Å². The predicted octanol–water partition coefficient (Wildman–Crippen LogP) is 6.87. The maximum Gasteiger partial charge on any atom is 0.246 e. The molecule has 0 aliphatic heterocycles. The Hall–Kier alpha value is -3.16. The summed E-state index contributed by atoms with van der Waals surface area (Å²) in [7, 11) is 0. The van der Waals surface area contributed by atoms with E-state index in [2.05, 4.69) is 4.90 Å². The first-order chi connectivity index (χ1) is 18.1. The minimum absolute atomic E-state index is 0.241. The molecule has 0 saturated carbocycles. The summed E-state index contributed by atoms with van der Waals surface area (Å²) in [6.07, 6.45) is 2.48. The van der Waals surface area contributed by atoms with Crippen molar-refractivity contribution in [2.24, 2.45) is 5.92 Å². The van der Waals surface area contributed by atoms with Gasteiger partial charge in [-0.2, -0.15) is 0 Å². The van der Waals surface area contributed by atoms with Crippen LogP contribution in [0.5, 0.6) is 0 Å². The van der Waals surface area contributed by atoms with E-state index in [1.165, 1.54) is 12.1 Å². The van der Waals surface area contributed by atoms with Crippen molar-refractivity contribution >= 4 is 5.91 Å². The number of hydrogen-bond acceptors (Lipinski definition) is 3. The fourth-order valence-electron chi connectivity index (χ4n) is 4.92. The zero-order valence-corrected chi connectivity index (χ0v) is 22.6. The molecule has 2 N–H and O–H groups in total. The fraction of sp³-hybridized carbons (Fsp3) is 0.387. The van der Waals surface area contributed by atoms with Crippen LogP contribution in [0, 0.1) is 51.1 Å². The summed E-state index contributed by atoms with van der Waals surface area (Å²) in [5.41, 5.74) is 6.85. The van der Waals surface area contributed by atoms with Crippen LogP contribution in [0.15, 0.2) is 48.5 Å². The van der Waals surface area contributed by atoms with E-state index < -0.39 is 11.8 Å². The predicted molar refractivity (Wildman–Crippen MR) is 143 cm³/mol. The van der Waals surface area contributed by atoms with Crippen LogP contribution >= 0.6 is 0 Å². The molecule has 1 amide bonds. The van der Waals surface area contributed by atoms with E-state index in [1.54, 1.807) is 57.4 Å². The number of nitrogens with zero attached hydrogens (tertiary/aromatic N) is 1. The van der Waals surface area contributed by atoms with E-state index in [-0.39, 0.29) is 17.5 Å². The summed E-state index contributed by atoms with van der Waals surface area (Å²) < 4.78 is 41.6. The van der Waals surface area contributed by atoms with Gasteiger partial charge in [0.25, 0.3) is 0 Å². The highest BCUT2D eigenvalue weighted by molar-refractivity contribution is 5.77. The molecule has 0 unspecified atom stereocenters. The third-order valence-corrected chi connectivity index (χ3v) is 6.99. The van der Waals surface area contributed by atoms with Crippen LogP contribution in [-0.4, -0.2) is 22.6 Å². The lowest BCUT2D eigenvalue weighted by atomic mass is 9.91. The minimum Gasteiger partial charge on any atom is -0.295 e. The molecule has 0 aromatic heterocycles. The quantitative estimate of drug-likeness (QED) is 0.154. The Morgan fingerprint density at radius 2 is 1.29 bits per heavy atom. The molecule has 1 atom stereocenters. The summed E-state index contributed by atoms with van der Waals surface area (Å²) in [6, 6.07) is 13.7. The molecule has 0 fully saturated rings. The van der Waals surface area contributed by atoms with Crippen LogP contribution in [0.3, 0.4) is 0 Å². The van der Waals surface area contributed by atoms with Gasteiger partial charge in [-0.3, -0.25) is 14.9 Å². The van der Waals surface area contributed by atoms with Gasteiger partial charge in [-0.1, -0.05) is 42.8 Å². The number of nitrogens with one attached hydrogen (secondary N) is 1. The molecule has 4 nitrogen and oxygen atoms in total. The maximum absolute atomic E-state index is 14.0. The number of carbonyl (C=O) groups is 1. The van der Waals surface area contributed by atoms with E-state index in [9.17, 15) is 23.2 Å². The standard InChI is InChI=1S/C31H37F3N2O2/c1-20-13-24(8-10-28(20)32)18-36(19-25-9-11-29(33)21(2)14-25)12-6-5-7-27(31(37)35-38)17-26-15-22(3)30(34)23(4)16-26/h8-11,13-16,27,38H,5-7,12,17-19H2,1-4H3,(H,35,37)/t27-/m0/s1. The number of aryl methyl sites for hydroxylation is 4. The van der Waals surface area contributed by atoms with E-state index in [1.807, 2.05) is 12.1 Å². The lowest BCUT2D eigenvalue weighted by Gasteiger charge is -2.24. The summed E-state index contributed by atoms with van der Waals surface area (Å²) in [4.78, 5) is 14.6. The molecule has 0 spiro atoms. The largest absolute Gasteiger partial charge is 0.295 e. The molecule has 0 heterocycles. The van der Waals surface area contributed by atoms with Crippen LogP contribution < -0.4 is 5.48 Å². The lowest BCUT2D eigenvalue weighted by Crippen LogP contribution is -2.30. The Morgan fingerprint density at radius 1 is 0.789 bits per heavy atom. The van der Waals surface area contributed by atoms with Gasteiger partial charge in [0.1, 0.15) is 17.5 Å². The SMILES string of the molecule is Cc1cc(CN(CCCC[C@@H](Cc2cc(C)c(F)c(C)c2)C(=O)NO)Cc2ccc(F)c(C)c2)ccc1F. The van der Waals surface area contributed by atoms with Crippen molar-refractivity contribution in [1.82, 2.24) is 10.4 Å². The number of hydrogen-bond donors (Lipinski definition) is 2. The zero-order valence-electron chi connectivity index (χ0n) is 22.6. The first-order valence-corrected chi connectivity index (χ1v) is 13.0. The molecule has 0 saturated heterocycles. The van der Waals surface area contributed by atoms with Crippen LogP contribution in [0.25, 0.3) is 0 Å². The molecule has 204 valence electrons. The van der Waals surface area contributed by atoms with Crippen molar-refractivity contribution in [3.8, 4) is 0 Å². The topological polar surface area (TPSA) is 52.6 Å². The average molecular weight is 527 g/mol. The number of hydroxylamine groups is 1. The number of benzene rings is 3. The van der Waals surface area contributed by atoms with Crippen LogP contribution in [0.2, 0.25) is 0 Å². The molecule has 0 radical (unpaired) electrons. The van der Waals surface area contributed by atoms with Crippen molar-refractivity contribution in [3.63, 3.8) is 0 Å². The monoisotopic (exact) mass is 526 g/mol. The zero-order chi connectivity index (χ0) is 27.8. The van der Waals surface area contributed by atoms with Gasteiger partial charge < -0.3 is 0 Å². The highest BCUT2D eigenvalue weighted by atomic mass is 19.1. The minimum atomic E-state index is -0.454. The Morgan fingerprint density at radius 3 is 1.76 bits per heavy atom. The van der Waals surface area contributed by atoms with Gasteiger partial charge in [0, 0.05) is 19.0 Å². The highest BCUT2D eigenvalue weighted by Crippen LogP contribution is 2.22. The Kier molecular flexibility index (Phi) is 10.5. The van der Waals surface area contributed by atoms with E-state index >= 15 is 0 Å². The van der Waals surface area contributed by atoms with Crippen molar-refractivity contribution in [2.45, 2.75) is 66.5 Å². The van der Waals surface area contributed by atoms with Gasteiger partial charge in [-0.25, -0.2) is 18.7 Å². The lowest BCUT2D eigenvalue weighted by molar-refractivity contribution is -0.133. The molecule has 3 aromatic carbocycles. The van der Waals surface area contributed by atoms with Gasteiger partial charge >= 0.3 is 0 Å². The average Bonchev–Trinajstić information content (AvgIpc) is 2.88. The van der Waals surface area contributed by atoms with Crippen LogP contribution in [0.1, 0.15) is 58.2 Å². The number of halogens is 3. The fourth-order valence-corrected chi connectivity index (χ4v) is 4.92. The van der Waals surface area contributed by atoms with Gasteiger partial charge in [0.15, 0.2) is 0 Å². The second kappa shape index (κ2) is 13.6. The normalized spacial score (nSPS) is 12.1. The molecule has 0 aliphatic rings. The third-order valence-electron chi connectivity index (χ3n) is 6.99. The molecule has 3 aromatic rings. The van der Waals surface area contributed by atoms with Crippen LogP contribution in [0.4, 0.5) is 13.2 Å². The molecular weight excluding hydrogens is 489 g/mol. The smallest absolute Gasteiger partial charge is 0.246 e. The molecule has 0 bridgehead atoms. The Balaban J connectivity index is 1.66. The van der Waals surface area contributed by atoms with Crippen molar-refractivity contribution < 1.29 is 23.2 Å². The summed E-state index contributed by atoms with van der Waals surface area (Å²) in [6.45, 7) is 8.80. The van der Waals surface area contributed by atoms with E-state index in [0.29, 0.717) is 48.2 Å². The molecule has 3 rings (SSSR count). The van der Waals surface area contributed by atoms with Gasteiger partial charge in [-0.15, -0.1) is 0 Å². The Bertz CT molecular complexity index is 1190. The highest BCUT2D eigenvalue weighted by Gasteiger charge is 2.20. The van der Waals surface area contributed by atoms with E-state index in [0.717, 1.165) is 36.1 Å². The summed E-state index contributed by atoms with van der Waals surface area (Å²) in [5.74, 6) is -1.63. The number of amides is 1. The van der Waals surface area contributed by atoms with Crippen molar-refractivity contribution in [3.05, 3.63) is 105 Å². The second-order valence-corrected chi connectivity index (χ2v) is 10.3. The van der Waals surface area contributed by atoms with Crippen molar-refractivity contribution in [1.29, 1.82) is 0 Å². The van der Waals surface area contributed by atoms with Crippen LogP contribution in [-0.2, 0) is 24.3 Å². The third kappa shape index (κ3) is 8.17. The summed E-state index contributed by atoms with van der Waals surface area (Å²) >= 11 is 0. The maximum atomic E-state index is 14.0. The molecule has 0 aliphatic carbocycles. The second-order valence-electron chi connectivity index (χ2n) is 10.3. The number of carbonyl (C=O) groups excluding carboxylic acids is 1. The molecular formula is C31H37F3N2O2. The van der Waals surface area contributed by atoms with Gasteiger partial charge in [0.2, 0.25) is 5.91 Å². The Labute approximate surface area is 223 Å². The van der Waals surface area contributed by atoms with Gasteiger partial charge in [-0.05, 0) is 105 Å². The first kappa shape index (κ1) is 29.4. The number of rotatable bonds is 12.